The molecule has 0 unspecified atom stereocenters. The topological polar surface area (TPSA) is 25.2 Å². The van der Waals surface area contributed by atoms with Crippen LogP contribution in [-0.2, 0) is 12.3 Å². The summed E-state index contributed by atoms with van der Waals surface area (Å²) in [4.78, 5) is 1.24. The molecule has 0 atom stereocenters. The summed E-state index contributed by atoms with van der Waals surface area (Å²) in [7, 11) is 0. The Balaban J connectivity index is 2.07. The van der Waals surface area contributed by atoms with Gasteiger partial charge >= 0.3 is 0 Å². The first-order valence-electron chi connectivity index (χ1n) is 6.63. The van der Waals surface area contributed by atoms with Crippen LogP contribution in [0.2, 0.25) is 5.02 Å². The quantitative estimate of drug-likeness (QED) is 0.777. The van der Waals surface area contributed by atoms with Crippen LogP contribution in [0.1, 0.15) is 32.1 Å². The summed E-state index contributed by atoms with van der Waals surface area (Å²) in [6, 6.07) is 9.96. The predicted molar refractivity (Wildman–Crippen MR) is 86.3 cm³/mol. The monoisotopic (exact) mass is 309 g/mol. The number of rotatable bonds is 5. The SMILES string of the molecule is CC(C)(C)NCc1cc(Cl)ccc1SCc1ccco1. The Bertz CT molecular complexity index is 546. The second-order valence-electron chi connectivity index (χ2n) is 5.72. The minimum absolute atomic E-state index is 0.0886. The highest BCUT2D eigenvalue weighted by Crippen LogP contribution is 2.29. The van der Waals surface area contributed by atoms with Crippen LogP contribution in [0, 0.1) is 0 Å². The molecule has 0 bridgehead atoms. The van der Waals surface area contributed by atoms with Gasteiger partial charge in [-0.2, -0.15) is 0 Å². The van der Waals surface area contributed by atoms with Gasteiger partial charge in [0.05, 0.1) is 12.0 Å². The van der Waals surface area contributed by atoms with E-state index in [9.17, 15) is 0 Å². The van der Waals surface area contributed by atoms with Crippen molar-refractivity contribution < 1.29 is 4.42 Å². The van der Waals surface area contributed by atoms with Crippen LogP contribution < -0.4 is 5.32 Å². The molecule has 0 aliphatic heterocycles. The number of thioether (sulfide) groups is 1. The molecule has 1 aromatic heterocycles. The second-order valence-corrected chi connectivity index (χ2v) is 7.18. The van der Waals surface area contributed by atoms with E-state index in [1.165, 1.54) is 10.5 Å². The van der Waals surface area contributed by atoms with Gasteiger partial charge in [-0.15, -0.1) is 11.8 Å². The van der Waals surface area contributed by atoms with Crippen LogP contribution >= 0.6 is 23.4 Å². The van der Waals surface area contributed by atoms with Crippen molar-refractivity contribution in [2.75, 3.05) is 0 Å². The predicted octanol–water partition coefficient (Wildman–Crippen LogP) is 5.11. The summed E-state index contributed by atoms with van der Waals surface area (Å²) >= 11 is 7.88. The molecule has 4 heteroatoms. The molecule has 0 aliphatic rings. The lowest BCUT2D eigenvalue weighted by Gasteiger charge is -2.21. The van der Waals surface area contributed by atoms with Crippen LogP contribution in [0.5, 0.6) is 0 Å². The fourth-order valence-electron chi connectivity index (χ4n) is 1.73. The van der Waals surface area contributed by atoms with E-state index in [0.29, 0.717) is 0 Å². The normalized spacial score (nSPS) is 11.8. The summed E-state index contributed by atoms with van der Waals surface area (Å²) < 4.78 is 5.37. The lowest BCUT2D eigenvalue weighted by Crippen LogP contribution is -2.35. The highest BCUT2D eigenvalue weighted by molar-refractivity contribution is 7.98. The second kappa shape index (κ2) is 6.70. The van der Waals surface area contributed by atoms with E-state index < -0.39 is 0 Å². The zero-order valence-corrected chi connectivity index (χ0v) is 13.6. The van der Waals surface area contributed by atoms with Crippen LogP contribution in [0.25, 0.3) is 0 Å². The first-order valence-corrected chi connectivity index (χ1v) is 7.99. The third-order valence-corrected chi connectivity index (χ3v) is 4.15. The van der Waals surface area contributed by atoms with Crippen molar-refractivity contribution in [2.45, 2.75) is 43.5 Å². The summed E-state index contributed by atoms with van der Waals surface area (Å²) in [5.74, 6) is 1.82. The fraction of sp³-hybridized carbons (Fsp3) is 0.375. The maximum Gasteiger partial charge on any atom is 0.113 e. The van der Waals surface area contributed by atoms with Crippen molar-refractivity contribution in [2.24, 2.45) is 0 Å². The molecule has 2 aromatic rings. The largest absolute Gasteiger partial charge is 0.468 e. The first kappa shape index (κ1) is 15.5. The minimum Gasteiger partial charge on any atom is -0.468 e. The molecule has 1 aromatic carbocycles. The van der Waals surface area contributed by atoms with Gasteiger partial charge < -0.3 is 9.73 Å². The Morgan fingerprint density at radius 1 is 1.25 bits per heavy atom. The van der Waals surface area contributed by atoms with Crippen molar-refractivity contribution in [3.8, 4) is 0 Å². The van der Waals surface area contributed by atoms with Gasteiger partial charge in [0.15, 0.2) is 0 Å². The molecule has 1 heterocycles. The van der Waals surface area contributed by atoms with Crippen LogP contribution in [-0.4, -0.2) is 5.54 Å². The van der Waals surface area contributed by atoms with E-state index in [2.05, 4.69) is 32.2 Å². The van der Waals surface area contributed by atoms with Crippen LogP contribution in [0.4, 0.5) is 0 Å². The standard InChI is InChI=1S/C16H20ClNOS/c1-16(2,3)18-10-12-9-13(17)6-7-15(12)20-11-14-5-4-8-19-14/h4-9,18H,10-11H2,1-3H3. The number of halogens is 1. The molecular formula is C16H20ClNOS. The highest BCUT2D eigenvalue weighted by atomic mass is 35.5. The number of hydrogen-bond donors (Lipinski definition) is 1. The van der Waals surface area contributed by atoms with Gasteiger partial charge in [-0.05, 0) is 56.7 Å². The zero-order chi connectivity index (χ0) is 14.6. The summed E-state index contributed by atoms with van der Waals surface area (Å²) in [5.41, 5.74) is 1.31. The fourth-order valence-corrected chi connectivity index (χ4v) is 2.87. The van der Waals surface area contributed by atoms with Gasteiger partial charge in [-0.1, -0.05) is 11.6 Å². The van der Waals surface area contributed by atoms with Crippen molar-refractivity contribution in [3.63, 3.8) is 0 Å². The maximum atomic E-state index is 6.11. The van der Waals surface area contributed by atoms with E-state index in [4.69, 9.17) is 16.0 Å². The third-order valence-electron chi connectivity index (χ3n) is 2.78. The zero-order valence-electron chi connectivity index (χ0n) is 12.1. The van der Waals surface area contributed by atoms with Gasteiger partial charge in [0, 0.05) is 22.0 Å². The number of furan rings is 1. The first-order chi connectivity index (χ1) is 9.44. The van der Waals surface area contributed by atoms with Gasteiger partial charge in [-0.25, -0.2) is 0 Å². The molecule has 2 rings (SSSR count). The molecule has 0 spiro atoms. The highest BCUT2D eigenvalue weighted by Gasteiger charge is 2.11. The molecular weight excluding hydrogens is 290 g/mol. The molecule has 108 valence electrons. The molecule has 20 heavy (non-hydrogen) atoms. The van der Waals surface area contributed by atoms with Gasteiger partial charge in [0.1, 0.15) is 5.76 Å². The average Bonchev–Trinajstić information content (AvgIpc) is 2.87. The summed E-state index contributed by atoms with van der Waals surface area (Å²) in [6.45, 7) is 7.29. The lowest BCUT2D eigenvalue weighted by atomic mass is 10.1. The van der Waals surface area contributed by atoms with Crippen molar-refractivity contribution in [3.05, 3.63) is 52.9 Å². The smallest absolute Gasteiger partial charge is 0.113 e. The molecule has 0 amide bonds. The average molecular weight is 310 g/mol. The van der Waals surface area contributed by atoms with E-state index in [0.717, 1.165) is 23.1 Å². The third kappa shape index (κ3) is 4.89. The van der Waals surface area contributed by atoms with Gasteiger partial charge in [0.2, 0.25) is 0 Å². The Labute approximate surface area is 129 Å². The molecule has 0 saturated heterocycles. The minimum atomic E-state index is 0.0886. The molecule has 0 fully saturated rings. The van der Waals surface area contributed by atoms with E-state index in [-0.39, 0.29) is 5.54 Å². The van der Waals surface area contributed by atoms with Crippen LogP contribution in [0.3, 0.4) is 0 Å². The number of benzene rings is 1. The van der Waals surface area contributed by atoms with Crippen molar-refractivity contribution in [1.82, 2.24) is 5.32 Å². The van der Waals surface area contributed by atoms with Gasteiger partial charge in [-0.3, -0.25) is 0 Å². The molecule has 0 aliphatic carbocycles. The van der Waals surface area contributed by atoms with E-state index >= 15 is 0 Å². The molecule has 0 radical (unpaired) electrons. The maximum absolute atomic E-state index is 6.11. The van der Waals surface area contributed by atoms with E-state index in [1.54, 1.807) is 18.0 Å². The summed E-state index contributed by atoms with van der Waals surface area (Å²) in [6.07, 6.45) is 1.71. The molecule has 1 N–H and O–H groups in total. The Hall–Kier alpha value is -0.900. The summed E-state index contributed by atoms with van der Waals surface area (Å²) in [5, 5.41) is 4.28. The lowest BCUT2D eigenvalue weighted by molar-refractivity contribution is 0.422. The number of hydrogen-bond acceptors (Lipinski definition) is 3. The van der Waals surface area contributed by atoms with Gasteiger partial charge in [0.25, 0.3) is 0 Å². The Morgan fingerprint density at radius 2 is 2.05 bits per heavy atom. The van der Waals surface area contributed by atoms with E-state index in [1.807, 2.05) is 24.3 Å². The molecule has 2 nitrogen and oxygen atoms in total. The molecule has 0 saturated carbocycles. The number of nitrogens with one attached hydrogen (secondary N) is 1. The van der Waals surface area contributed by atoms with Crippen molar-refractivity contribution >= 4 is 23.4 Å². The van der Waals surface area contributed by atoms with Crippen molar-refractivity contribution in [1.29, 1.82) is 0 Å². The Morgan fingerprint density at radius 3 is 2.70 bits per heavy atom. The Kier molecular flexibility index (Phi) is 5.19. The van der Waals surface area contributed by atoms with Crippen LogP contribution in [0.15, 0.2) is 45.9 Å².